The fraction of sp³-hybridized carbons (Fsp3) is 0.877. The first-order valence-electron chi connectivity index (χ1n) is 31.8. The number of unbranched alkanes of at least 4 members (excludes halogenated alkanes) is 28. The zero-order valence-corrected chi connectivity index (χ0v) is 51.1. The number of nitrogens with zero attached hydrogens (tertiary/aromatic N) is 2. The van der Waals surface area contributed by atoms with Gasteiger partial charge in [0.15, 0.2) is 0 Å². The van der Waals surface area contributed by atoms with Crippen LogP contribution in [0.25, 0.3) is 0 Å². The number of esters is 3. The standard InChI is InChI=1S/C53H100O4.C11H22N2O3.CH5N/c1-5-9-13-17-21-23-25-27-29-33-37-41-46-50(44-39-35-31-19-15-11-7-3)56-52(54)48-43-49-53(55)57-51(45-40-36-32-20-16-12-8-4)47-42-38-34-30-28-26-24-22-18-14-10-6-2;1-12(2)6-7-13(3)8-10-16-11(15)5-4-9-14;1-2/h31-32,35-36,50-51H,5-30,33-34,37-49H2,1-4H3;9H,4-8,10H2,1-3H3;2H2,1H3/b35-31-,36-32-;;. The SMILES string of the molecule is CCCCC/C=C\CCC(CCCCCCCCCCCCCC)OC(=O)CCCC(=O)OC(CC/C=C\CCCCC)CCCCCCCCCCCCCC.CN.CN(C)CCN(C)CCOC(=O)CCC=O. The van der Waals surface area contributed by atoms with Crippen LogP contribution in [-0.2, 0) is 33.4 Å². The molecule has 444 valence electrons. The minimum atomic E-state index is -0.298. The zero-order valence-electron chi connectivity index (χ0n) is 51.1. The molecule has 0 fully saturated rings. The summed E-state index contributed by atoms with van der Waals surface area (Å²) in [6.45, 7) is 12.1. The van der Waals surface area contributed by atoms with E-state index in [-0.39, 0.29) is 43.0 Å². The topological polar surface area (TPSA) is 128 Å². The number of hydrogen-bond donors (Lipinski definition) is 1. The second-order valence-corrected chi connectivity index (χ2v) is 21.6. The number of nitrogens with two attached hydrogens (primary N) is 1. The van der Waals surface area contributed by atoms with Crippen molar-refractivity contribution in [1.29, 1.82) is 0 Å². The quantitative estimate of drug-likeness (QED) is 0.0207. The van der Waals surface area contributed by atoms with Crippen molar-refractivity contribution >= 4 is 24.2 Å². The van der Waals surface area contributed by atoms with E-state index in [0.717, 1.165) is 90.1 Å². The van der Waals surface area contributed by atoms with Gasteiger partial charge in [0, 0.05) is 38.9 Å². The normalized spacial score (nSPS) is 12.1. The second-order valence-electron chi connectivity index (χ2n) is 21.6. The van der Waals surface area contributed by atoms with Crippen LogP contribution in [0.1, 0.15) is 304 Å². The van der Waals surface area contributed by atoms with Gasteiger partial charge in [0.05, 0.1) is 6.42 Å². The summed E-state index contributed by atoms with van der Waals surface area (Å²) in [6.07, 6.45) is 58.8. The fourth-order valence-corrected chi connectivity index (χ4v) is 8.92. The molecule has 2 unspecified atom stereocenters. The maximum absolute atomic E-state index is 13.0. The minimum absolute atomic E-state index is 0.0252. The Bertz CT molecular complexity index is 1170. The Hall–Kier alpha value is -2.56. The van der Waals surface area contributed by atoms with Crippen molar-refractivity contribution in [1.82, 2.24) is 9.80 Å². The van der Waals surface area contributed by atoms with Gasteiger partial charge < -0.3 is 34.5 Å². The molecule has 0 saturated carbocycles. The van der Waals surface area contributed by atoms with Gasteiger partial charge in [-0.2, -0.15) is 0 Å². The average molecular weight is 1060 g/mol. The Morgan fingerprint density at radius 3 is 1.09 bits per heavy atom. The van der Waals surface area contributed by atoms with Crippen molar-refractivity contribution in [3.05, 3.63) is 24.3 Å². The Labute approximate surface area is 466 Å². The summed E-state index contributed by atoms with van der Waals surface area (Å²) < 4.78 is 17.1. The smallest absolute Gasteiger partial charge is 0.306 e. The predicted octanol–water partition coefficient (Wildman–Crippen LogP) is 17.6. The highest BCUT2D eigenvalue weighted by Gasteiger charge is 2.17. The van der Waals surface area contributed by atoms with Crippen molar-refractivity contribution in [3.63, 3.8) is 0 Å². The van der Waals surface area contributed by atoms with Gasteiger partial charge in [0.1, 0.15) is 25.1 Å². The van der Waals surface area contributed by atoms with E-state index in [9.17, 15) is 19.2 Å². The number of carbonyl (C=O) groups excluding carboxylic acids is 4. The molecular formula is C65H127N3O7. The van der Waals surface area contributed by atoms with Crippen molar-refractivity contribution in [2.24, 2.45) is 5.73 Å². The molecule has 0 aromatic heterocycles. The number of allylic oxidation sites excluding steroid dienone is 4. The van der Waals surface area contributed by atoms with E-state index < -0.39 is 0 Å². The molecule has 0 spiro atoms. The zero-order chi connectivity index (χ0) is 55.9. The highest BCUT2D eigenvalue weighted by atomic mass is 16.5. The molecular weight excluding hydrogens is 935 g/mol. The number of carbonyl (C=O) groups is 4. The van der Waals surface area contributed by atoms with Gasteiger partial charge in [0.25, 0.3) is 0 Å². The lowest BCUT2D eigenvalue weighted by atomic mass is 10.0. The summed E-state index contributed by atoms with van der Waals surface area (Å²) in [5.74, 6) is -0.604. The maximum Gasteiger partial charge on any atom is 0.306 e. The van der Waals surface area contributed by atoms with Crippen molar-refractivity contribution in [3.8, 4) is 0 Å². The average Bonchev–Trinajstić information content (AvgIpc) is 3.40. The molecule has 0 saturated heterocycles. The summed E-state index contributed by atoms with van der Waals surface area (Å²) in [7, 11) is 7.53. The molecule has 0 aliphatic heterocycles. The van der Waals surface area contributed by atoms with Gasteiger partial charge in [0.2, 0.25) is 0 Å². The van der Waals surface area contributed by atoms with Crippen LogP contribution in [0.2, 0.25) is 0 Å². The van der Waals surface area contributed by atoms with Crippen LogP contribution in [0.4, 0.5) is 0 Å². The van der Waals surface area contributed by atoms with Crippen LogP contribution in [0, 0.1) is 0 Å². The van der Waals surface area contributed by atoms with Gasteiger partial charge in [-0.25, -0.2) is 0 Å². The van der Waals surface area contributed by atoms with Crippen molar-refractivity contribution < 1.29 is 33.4 Å². The first kappa shape index (κ1) is 76.7. The molecule has 0 bridgehead atoms. The van der Waals surface area contributed by atoms with E-state index in [1.54, 1.807) is 0 Å². The molecule has 0 aliphatic carbocycles. The number of hydrogen-bond acceptors (Lipinski definition) is 10. The van der Waals surface area contributed by atoms with Crippen LogP contribution >= 0.6 is 0 Å². The molecule has 0 heterocycles. The predicted molar refractivity (Wildman–Crippen MR) is 322 cm³/mol. The largest absolute Gasteiger partial charge is 0.464 e. The van der Waals surface area contributed by atoms with Crippen molar-refractivity contribution in [2.75, 3.05) is 54.4 Å². The van der Waals surface area contributed by atoms with E-state index >= 15 is 0 Å². The Morgan fingerprint density at radius 1 is 0.387 bits per heavy atom. The van der Waals surface area contributed by atoms with E-state index in [4.69, 9.17) is 14.2 Å². The molecule has 2 atom stereocenters. The number of rotatable bonds is 55. The van der Waals surface area contributed by atoms with E-state index in [0.29, 0.717) is 25.9 Å². The molecule has 0 radical (unpaired) electrons. The lowest BCUT2D eigenvalue weighted by Gasteiger charge is -2.18. The summed E-state index contributed by atoms with van der Waals surface area (Å²) >= 11 is 0. The van der Waals surface area contributed by atoms with E-state index in [1.807, 2.05) is 21.1 Å². The molecule has 0 amide bonds. The Kier molecular flexibility index (Phi) is 67.2. The highest BCUT2D eigenvalue weighted by Crippen LogP contribution is 2.20. The summed E-state index contributed by atoms with van der Waals surface area (Å²) in [4.78, 5) is 51.3. The van der Waals surface area contributed by atoms with Crippen molar-refractivity contribution in [2.45, 2.75) is 316 Å². The molecule has 2 N–H and O–H groups in total. The van der Waals surface area contributed by atoms with Gasteiger partial charge in [-0.05, 0) is 112 Å². The summed E-state index contributed by atoms with van der Waals surface area (Å²) in [5.41, 5.74) is 4.50. The summed E-state index contributed by atoms with van der Waals surface area (Å²) in [6, 6.07) is 0. The third kappa shape index (κ3) is 65.6. The monoisotopic (exact) mass is 1060 g/mol. The third-order valence-corrected chi connectivity index (χ3v) is 13.8. The maximum atomic E-state index is 13.0. The molecule has 10 heteroatoms. The summed E-state index contributed by atoms with van der Waals surface area (Å²) in [5, 5.41) is 0. The highest BCUT2D eigenvalue weighted by molar-refractivity contribution is 5.73. The molecule has 75 heavy (non-hydrogen) atoms. The number of aldehydes is 1. The molecule has 10 nitrogen and oxygen atoms in total. The first-order chi connectivity index (χ1) is 36.6. The van der Waals surface area contributed by atoms with E-state index in [1.165, 1.54) is 187 Å². The lowest BCUT2D eigenvalue weighted by Crippen LogP contribution is -2.31. The first-order valence-corrected chi connectivity index (χ1v) is 31.8. The molecule has 0 aromatic rings. The molecule has 0 rings (SSSR count). The number of likely N-dealkylation sites (N-methyl/N-ethyl adjacent to an activating group) is 2. The van der Waals surface area contributed by atoms with Crippen LogP contribution < -0.4 is 5.73 Å². The lowest BCUT2D eigenvalue weighted by molar-refractivity contribution is -0.151. The van der Waals surface area contributed by atoms with Gasteiger partial charge >= 0.3 is 17.9 Å². The minimum Gasteiger partial charge on any atom is -0.464 e. The van der Waals surface area contributed by atoms with Crippen LogP contribution in [-0.4, -0.2) is 101 Å². The Balaban J connectivity index is -0.00000243. The van der Waals surface area contributed by atoms with Crippen LogP contribution in [0.3, 0.4) is 0 Å². The van der Waals surface area contributed by atoms with Gasteiger partial charge in [-0.3, -0.25) is 14.4 Å². The van der Waals surface area contributed by atoms with Gasteiger partial charge in [-0.15, -0.1) is 0 Å². The molecule has 0 aromatic carbocycles. The van der Waals surface area contributed by atoms with Crippen LogP contribution in [0.15, 0.2) is 24.3 Å². The van der Waals surface area contributed by atoms with Crippen LogP contribution in [0.5, 0.6) is 0 Å². The fourth-order valence-electron chi connectivity index (χ4n) is 8.92. The van der Waals surface area contributed by atoms with Gasteiger partial charge in [-0.1, -0.05) is 219 Å². The second kappa shape index (κ2) is 65.7. The third-order valence-electron chi connectivity index (χ3n) is 13.8. The van der Waals surface area contributed by atoms with E-state index in [2.05, 4.69) is 67.5 Å². The molecule has 0 aliphatic rings. The number of ether oxygens (including phenoxy) is 3. The Morgan fingerprint density at radius 2 is 0.733 bits per heavy atom.